The van der Waals surface area contributed by atoms with Crippen LogP contribution in [0.5, 0.6) is 11.5 Å². The summed E-state index contributed by atoms with van der Waals surface area (Å²) in [6.45, 7) is 0. The number of benzene rings is 2. The number of anilines is 1. The third-order valence-corrected chi connectivity index (χ3v) is 5.49. The van der Waals surface area contributed by atoms with Gasteiger partial charge in [-0.2, -0.15) is 0 Å². The molecule has 1 saturated heterocycles. The molecule has 0 bridgehead atoms. The van der Waals surface area contributed by atoms with Crippen LogP contribution in [0.2, 0.25) is 0 Å². The Kier molecular flexibility index (Phi) is 6.09. The van der Waals surface area contributed by atoms with Crippen LogP contribution >= 0.6 is 24.0 Å². The number of aromatic carboxylic acids is 2. The van der Waals surface area contributed by atoms with E-state index in [9.17, 15) is 24.6 Å². The van der Waals surface area contributed by atoms with E-state index in [2.05, 4.69) is 0 Å². The average Bonchev–Trinajstić information content (AvgIpc) is 3.00. The number of rotatable bonds is 6. The fraction of sp³-hybridized carbons (Fsp3) is 0.100. The molecule has 0 spiro atoms. The molecule has 1 aliphatic rings. The molecule has 1 heterocycles. The summed E-state index contributed by atoms with van der Waals surface area (Å²) in [6, 6.07) is 8.61. The second-order valence-corrected chi connectivity index (χ2v) is 7.65. The number of carbonyl (C=O) groups is 3. The van der Waals surface area contributed by atoms with Gasteiger partial charge < -0.3 is 19.7 Å². The number of amides is 1. The smallest absolute Gasteiger partial charge is 0.335 e. The highest BCUT2D eigenvalue weighted by atomic mass is 32.2. The van der Waals surface area contributed by atoms with Gasteiger partial charge in [-0.05, 0) is 30.3 Å². The molecule has 8 nitrogen and oxygen atoms in total. The Morgan fingerprint density at radius 1 is 1.07 bits per heavy atom. The Morgan fingerprint density at radius 2 is 1.70 bits per heavy atom. The first-order valence-electron chi connectivity index (χ1n) is 8.37. The molecule has 2 aromatic carbocycles. The lowest BCUT2D eigenvalue weighted by Gasteiger charge is -2.16. The zero-order valence-corrected chi connectivity index (χ0v) is 17.4. The van der Waals surface area contributed by atoms with Crippen molar-refractivity contribution in [2.75, 3.05) is 19.1 Å². The van der Waals surface area contributed by atoms with E-state index < -0.39 is 17.8 Å². The Bertz CT molecular complexity index is 1080. The number of carboxylic acids is 2. The second-order valence-electron chi connectivity index (χ2n) is 5.98. The van der Waals surface area contributed by atoms with Crippen LogP contribution in [-0.4, -0.2) is 46.6 Å². The van der Waals surface area contributed by atoms with Crippen molar-refractivity contribution in [1.82, 2.24) is 0 Å². The first-order chi connectivity index (χ1) is 14.3. The number of hydrogen-bond donors (Lipinski definition) is 2. The van der Waals surface area contributed by atoms with Crippen LogP contribution in [0.1, 0.15) is 26.3 Å². The highest BCUT2D eigenvalue weighted by molar-refractivity contribution is 8.27. The highest BCUT2D eigenvalue weighted by Gasteiger charge is 2.34. The van der Waals surface area contributed by atoms with Gasteiger partial charge in [-0.15, -0.1) is 0 Å². The maximum Gasteiger partial charge on any atom is 0.335 e. The SMILES string of the molecule is COc1cccc(C=C2SC(=S)N(c3cc(C(=O)O)cc(C(=O)O)c3)C2=O)c1OC. The summed E-state index contributed by atoms with van der Waals surface area (Å²) >= 11 is 6.31. The molecule has 1 aliphatic heterocycles. The molecule has 0 aromatic heterocycles. The fourth-order valence-corrected chi connectivity index (χ4v) is 4.13. The Hall–Kier alpha value is -3.37. The van der Waals surface area contributed by atoms with Gasteiger partial charge in [0, 0.05) is 5.56 Å². The molecule has 30 heavy (non-hydrogen) atoms. The van der Waals surface area contributed by atoms with Gasteiger partial charge in [0.05, 0.1) is 35.9 Å². The molecule has 0 atom stereocenters. The molecule has 2 aromatic rings. The number of hydrogen-bond acceptors (Lipinski definition) is 7. The number of thioether (sulfide) groups is 1. The number of ether oxygens (including phenoxy) is 2. The summed E-state index contributed by atoms with van der Waals surface area (Å²) in [5.41, 5.74) is 0.119. The van der Waals surface area contributed by atoms with Crippen LogP contribution < -0.4 is 14.4 Å². The third-order valence-electron chi connectivity index (χ3n) is 4.18. The van der Waals surface area contributed by atoms with Crippen LogP contribution in [0.25, 0.3) is 6.08 Å². The van der Waals surface area contributed by atoms with E-state index in [4.69, 9.17) is 21.7 Å². The van der Waals surface area contributed by atoms with Crippen LogP contribution in [0.4, 0.5) is 5.69 Å². The lowest BCUT2D eigenvalue weighted by atomic mass is 10.1. The minimum Gasteiger partial charge on any atom is -0.493 e. The molecule has 0 saturated carbocycles. The van der Waals surface area contributed by atoms with E-state index in [1.165, 1.54) is 26.4 Å². The minimum atomic E-state index is -1.32. The summed E-state index contributed by atoms with van der Waals surface area (Å²) in [4.78, 5) is 37.1. The molecular weight excluding hydrogens is 430 g/mol. The molecule has 0 aliphatic carbocycles. The van der Waals surface area contributed by atoms with Gasteiger partial charge in [0.25, 0.3) is 5.91 Å². The van der Waals surface area contributed by atoms with Gasteiger partial charge in [-0.25, -0.2) is 9.59 Å². The topological polar surface area (TPSA) is 113 Å². The molecule has 2 N–H and O–H groups in total. The van der Waals surface area contributed by atoms with E-state index >= 15 is 0 Å². The summed E-state index contributed by atoms with van der Waals surface area (Å²) in [7, 11) is 2.97. The van der Waals surface area contributed by atoms with E-state index in [1.807, 2.05) is 0 Å². The predicted molar refractivity (Wildman–Crippen MR) is 116 cm³/mol. The van der Waals surface area contributed by atoms with E-state index in [0.717, 1.165) is 22.7 Å². The first-order valence-corrected chi connectivity index (χ1v) is 9.60. The highest BCUT2D eigenvalue weighted by Crippen LogP contribution is 2.39. The molecule has 154 valence electrons. The molecule has 0 unspecified atom stereocenters. The number of methoxy groups -OCH3 is 2. The summed E-state index contributed by atoms with van der Waals surface area (Å²) in [5, 5.41) is 18.5. The maximum atomic E-state index is 13.0. The van der Waals surface area contributed by atoms with Gasteiger partial charge in [-0.3, -0.25) is 9.69 Å². The largest absolute Gasteiger partial charge is 0.493 e. The molecular formula is C20H15NO7S2. The monoisotopic (exact) mass is 445 g/mol. The van der Waals surface area contributed by atoms with Gasteiger partial charge in [0.15, 0.2) is 15.8 Å². The van der Waals surface area contributed by atoms with Crippen LogP contribution in [0, 0.1) is 0 Å². The average molecular weight is 445 g/mol. The first kappa shape index (κ1) is 21.3. The maximum absolute atomic E-state index is 13.0. The van der Waals surface area contributed by atoms with Gasteiger partial charge in [0.1, 0.15) is 0 Å². The molecule has 1 amide bonds. The van der Waals surface area contributed by atoms with Crippen molar-refractivity contribution in [3.05, 3.63) is 58.0 Å². The van der Waals surface area contributed by atoms with Crippen molar-refractivity contribution in [2.24, 2.45) is 0 Å². The van der Waals surface area contributed by atoms with Gasteiger partial charge in [-0.1, -0.05) is 36.1 Å². The lowest BCUT2D eigenvalue weighted by Crippen LogP contribution is -2.28. The summed E-state index contributed by atoms with van der Waals surface area (Å²) in [5.74, 6) is -2.22. The summed E-state index contributed by atoms with van der Waals surface area (Å²) in [6.07, 6.45) is 1.58. The quantitative estimate of drug-likeness (QED) is 0.509. The molecule has 10 heteroatoms. The van der Waals surface area contributed by atoms with Crippen molar-refractivity contribution >= 4 is 57.9 Å². The lowest BCUT2D eigenvalue weighted by molar-refractivity contribution is -0.113. The van der Waals surface area contributed by atoms with E-state index in [0.29, 0.717) is 17.1 Å². The fourth-order valence-electron chi connectivity index (χ4n) is 2.84. The molecule has 1 fully saturated rings. The van der Waals surface area contributed by atoms with E-state index in [-0.39, 0.29) is 26.0 Å². The Labute approximate surface area is 180 Å². The number of nitrogens with zero attached hydrogens (tertiary/aromatic N) is 1. The van der Waals surface area contributed by atoms with E-state index in [1.54, 1.807) is 24.3 Å². The van der Waals surface area contributed by atoms with Crippen molar-refractivity contribution in [2.45, 2.75) is 0 Å². The van der Waals surface area contributed by atoms with Crippen molar-refractivity contribution in [1.29, 1.82) is 0 Å². The third kappa shape index (κ3) is 4.00. The zero-order valence-electron chi connectivity index (χ0n) is 15.7. The number of para-hydroxylation sites is 1. The van der Waals surface area contributed by atoms with Gasteiger partial charge >= 0.3 is 11.9 Å². The standard InChI is InChI=1S/C20H15NO7S2/c1-27-14-5-3-4-10(16(14)28-2)9-15-17(22)21(20(29)30-15)13-7-11(18(23)24)6-12(8-13)19(25)26/h3-9H,1-2H3,(H,23,24)(H,25,26). The van der Waals surface area contributed by atoms with Crippen molar-refractivity contribution in [3.8, 4) is 11.5 Å². The van der Waals surface area contributed by atoms with Crippen molar-refractivity contribution < 1.29 is 34.1 Å². The normalized spacial score (nSPS) is 14.9. The molecule has 3 rings (SSSR count). The second kappa shape index (κ2) is 8.56. The Morgan fingerprint density at radius 3 is 2.23 bits per heavy atom. The summed E-state index contributed by atoms with van der Waals surface area (Å²) < 4.78 is 10.8. The van der Waals surface area contributed by atoms with Gasteiger partial charge in [0.2, 0.25) is 0 Å². The number of carbonyl (C=O) groups excluding carboxylic acids is 1. The zero-order chi connectivity index (χ0) is 22.0. The minimum absolute atomic E-state index is 0.0656. The predicted octanol–water partition coefficient (Wildman–Crippen LogP) is 3.51. The van der Waals surface area contributed by atoms with Crippen LogP contribution in [0.3, 0.4) is 0 Å². The van der Waals surface area contributed by atoms with Crippen molar-refractivity contribution in [3.63, 3.8) is 0 Å². The number of thiocarbonyl (C=S) groups is 1. The molecule has 0 radical (unpaired) electrons. The van der Waals surface area contributed by atoms with Crippen LogP contribution in [-0.2, 0) is 4.79 Å². The Balaban J connectivity index is 2.05. The number of carboxylic acid groups (broad SMARTS) is 2. The van der Waals surface area contributed by atoms with Crippen LogP contribution in [0.15, 0.2) is 41.3 Å².